The topological polar surface area (TPSA) is 87.7 Å². The summed E-state index contributed by atoms with van der Waals surface area (Å²) >= 11 is 1.56. The van der Waals surface area contributed by atoms with Gasteiger partial charge in [-0.1, -0.05) is 25.6 Å². The number of hydrogen-bond donors (Lipinski definition) is 2. The molecule has 4 rings (SSSR count). The Labute approximate surface area is 161 Å². The minimum atomic E-state index is -0.397. The fraction of sp³-hybridized carbons (Fsp3) is 0.400. The SMILES string of the molecule is CCC(C)Sc1nc2c(c(=O)[nH]1)C(c1ccncc1)C1=C(CCCC1=O)N2. The van der Waals surface area contributed by atoms with E-state index in [0.717, 1.165) is 30.5 Å². The largest absolute Gasteiger partial charge is 0.343 e. The fourth-order valence-electron chi connectivity index (χ4n) is 3.66. The van der Waals surface area contributed by atoms with E-state index >= 15 is 0 Å². The zero-order chi connectivity index (χ0) is 19.0. The van der Waals surface area contributed by atoms with Gasteiger partial charge in [-0.2, -0.15) is 0 Å². The first kappa shape index (κ1) is 18.0. The second-order valence-electron chi connectivity index (χ2n) is 6.98. The monoisotopic (exact) mass is 382 g/mol. The first-order valence-electron chi connectivity index (χ1n) is 9.32. The molecule has 1 aliphatic carbocycles. The quantitative estimate of drug-likeness (QED) is 0.620. The van der Waals surface area contributed by atoms with Crippen molar-refractivity contribution < 1.29 is 4.79 Å². The second-order valence-corrected chi connectivity index (χ2v) is 8.40. The van der Waals surface area contributed by atoms with Crippen molar-refractivity contribution in [1.29, 1.82) is 0 Å². The highest BCUT2D eigenvalue weighted by Gasteiger charge is 2.37. The van der Waals surface area contributed by atoms with Gasteiger partial charge in [-0.05, 0) is 37.0 Å². The number of anilines is 1. The van der Waals surface area contributed by atoms with Crippen LogP contribution in [-0.2, 0) is 4.79 Å². The Kier molecular flexibility index (Phi) is 4.86. The van der Waals surface area contributed by atoms with E-state index < -0.39 is 5.92 Å². The van der Waals surface area contributed by atoms with Gasteiger partial charge in [-0.25, -0.2) is 4.98 Å². The predicted molar refractivity (Wildman–Crippen MR) is 106 cm³/mol. The minimum absolute atomic E-state index is 0.105. The lowest BCUT2D eigenvalue weighted by molar-refractivity contribution is -0.116. The molecule has 6 nitrogen and oxygen atoms in total. The maximum absolute atomic E-state index is 13.0. The average molecular weight is 382 g/mol. The molecule has 2 aromatic rings. The van der Waals surface area contributed by atoms with E-state index in [1.54, 1.807) is 24.2 Å². The number of carbonyl (C=O) groups is 1. The number of pyridine rings is 1. The van der Waals surface area contributed by atoms with Crippen molar-refractivity contribution in [2.24, 2.45) is 0 Å². The smallest absolute Gasteiger partial charge is 0.257 e. The number of nitrogens with zero attached hydrogens (tertiary/aromatic N) is 2. The summed E-state index contributed by atoms with van der Waals surface area (Å²) in [6.45, 7) is 4.22. The summed E-state index contributed by atoms with van der Waals surface area (Å²) in [4.78, 5) is 37.4. The normalized spacial score (nSPS) is 19.9. The van der Waals surface area contributed by atoms with Crippen molar-refractivity contribution in [2.75, 3.05) is 5.32 Å². The summed E-state index contributed by atoms with van der Waals surface area (Å²) in [5.74, 6) is 0.277. The van der Waals surface area contributed by atoms with Crippen molar-refractivity contribution in [3.8, 4) is 0 Å². The van der Waals surface area contributed by atoms with Crippen LogP contribution in [0.15, 0.2) is 45.7 Å². The van der Waals surface area contributed by atoms with E-state index in [2.05, 4.69) is 34.1 Å². The summed E-state index contributed by atoms with van der Waals surface area (Å²) in [5.41, 5.74) is 2.83. The van der Waals surface area contributed by atoms with Crippen molar-refractivity contribution in [3.63, 3.8) is 0 Å². The van der Waals surface area contributed by atoms with Crippen molar-refractivity contribution in [2.45, 2.75) is 55.9 Å². The number of aromatic nitrogens is 3. The standard InChI is InChI=1S/C20H22N4O2S/c1-3-11(2)27-20-23-18-17(19(26)24-20)15(12-7-9-21-10-8-12)16-13(22-18)5-4-6-14(16)25/h7-11,15H,3-6H2,1-2H3,(H2,22,23,24,26). The van der Waals surface area contributed by atoms with Gasteiger partial charge in [-0.15, -0.1) is 0 Å². The maximum atomic E-state index is 13.0. The Bertz CT molecular complexity index is 968. The van der Waals surface area contributed by atoms with Gasteiger partial charge in [0.15, 0.2) is 10.9 Å². The third-order valence-corrected chi connectivity index (χ3v) is 6.32. The van der Waals surface area contributed by atoms with Gasteiger partial charge in [0.25, 0.3) is 5.56 Å². The highest BCUT2D eigenvalue weighted by molar-refractivity contribution is 7.99. The number of hydrogen-bond acceptors (Lipinski definition) is 6. The van der Waals surface area contributed by atoms with Gasteiger partial charge in [0, 0.05) is 41.3 Å². The van der Waals surface area contributed by atoms with E-state index in [-0.39, 0.29) is 11.3 Å². The lowest BCUT2D eigenvalue weighted by Gasteiger charge is -2.32. The van der Waals surface area contributed by atoms with Crippen LogP contribution in [0.25, 0.3) is 0 Å². The molecule has 0 spiro atoms. The van der Waals surface area contributed by atoms with E-state index in [9.17, 15) is 9.59 Å². The number of ketones is 1. The van der Waals surface area contributed by atoms with Crippen LogP contribution in [0, 0.1) is 0 Å². The van der Waals surface area contributed by atoms with E-state index in [1.807, 2.05) is 12.1 Å². The van der Waals surface area contributed by atoms with Crippen molar-refractivity contribution >= 4 is 23.4 Å². The first-order chi connectivity index (χ1) is 13.1. The summed E-state index contributed by atoms with van der Waals surface area (Å²) in [5, 5.41) is 4.27. The number of nitrogens with one attached hydrogen (secondary N) is 2. The molecule has 27 heavy (non-hydrogen) atoms. The minimum Gasteiger partial charge on any atom is -0.343 e. The van der Waals surface area contributed by atoms with Crippen LogP contribution in [0.4, 0.5) is 5.82 Å². The molecule has 0 saturated carbocycles. The van der Waals surface area contributed by atoms with Gasteiger partial charge in [0.2, 0.25) is 0 Å². The predicted octanol–water partition coefficient (Wildman–Crippen LogP) is 3.62. The van der Waals surface area contributed by atoms with Crippen LogP contribution in [-0.4, -0.2) is 26.0 Å². The molecule has 0 fully saturated rings. The fourth-order valence-corrected chi connectivity index (χ4v) is 4.50. The van der Waals surface area contributed by atoms with Crippen LogP contribution in [0.1, 0.15) is 56.6 Å². The third-order valence-electron chi connectivity index (χ3n) is 5.16. The Balaban J connectivity index is 1.88. The van der Waals surface area contributed by atoms with E-state index in [4.69, 9.17) is 0 Å². The number of fused-ring (bicyclic) bond motifs is 1. The van der Waals surface area contributed by atoms with Crippen LogP contribution < -0.4 is 10.9 Å². The van der Waals surface area contributed by atoms with Crippen LogP contribution >= 0.6 is 11.8 Å². The maximum Gasteiger partial charge on any atom is 0.257 e. The average Bonchev–Trinajstić information content (AvgIpc) is 2.67. The molecule has 0 radical (unpaired) electrons. The Morgan fingerprint density at radius 2 is 2.04 bits per heavy atom. The summed E-state index contributed by atoms with van der Waals surface area (Å²) in [6.07, 6.45) is 6.51. The molecule has 140 valence electrons. The lowest BCUT2D eigenvalue weighted by Crippen LogP contribution is -2.32. The molecule has 1 aliphatic heterocycles. The Hall–Kier alpha value is -2.41. The molecular formula is C20H22N4O2S. The second kappa shape index (κ2) is 7.31. The van der Waals surface area contributed by atoms with Gasteiger partial charge in [-0.3, -0.25) is 14.6 Å². The lowest BCUT2D eigenvalue weighted by atomic mass is 9.77. The van der Waals surface area contributed by atoms with Crippen LogP contribution in [0.5, 0.6) is 0 Å². The number of allylic oxidation sites excluding steroid dienone is 2. The van der Waals surface area contributed by atoms with Crippen LogP contribution in [0.3, 0.4) is 0 Å². The van der Waals surface area contributed by atoms with Gasteiger partial charge in [0.1, 0.15) is 5.82 Å². The van der Waals surface area contributed by atoms with Crippen molar-refractivity contribution in [1.82, 2.24) is 15.0 Å². The van der Waals surface area contributed by atoms with Crippen LogP contribution in [0.2, 0.25) is 0 Å². The summed E-state index contributed by atoms with van der Waals surface area (Å²) in [6, 6.07) is 3.74. The molecule has 0 bridgehead atoms. The molecular weight excluding hydrogens is 360 g/mol. The van der Waals surface area contributed by atoms with E-state index in [1.165, 1.54) is 0 Å². The zero-order valence-electron chi connectivity index (χ0n) is 15.4. The molecule has 0 saturated heterocycles. The van der Waals surface area contributed by atoms with Crippen molar-refractivity contribution in [3.05, 3.63) is 57.3 Å². The zero-order valence-corrected chi connectivity index (χ0v) is 16.2. The number of thioether (sulfide) groups is 1. The molecule has 2 unspecified atom stereocenters. The molecule has 2 atom stereocenters. The number of H-pyrrole nitrogens is 1. The molecule has 2 aromatic heterocycles. The molecule has 0 aromatic carbocycles. The molecule has 3 heterocycles. The number of Topliss-reactive ketones (excluding diaryl/α,β-unsaturated/α-hetero) is 1. The molecule has 2 aliphatic rings. The highest BCUT2D eigenvalue weighted by Crippen LogP contribution is 2.43. The van der Waals surface area contributed by atoms with E-state index in [0.29, 0.717) is 33.8 Å². The molecule has 0 amide bonds. The third kappa shape index (κ3) is 3.32. The Morgan fingerprint density at radius 3 is 2.78 bits per heavy atom. The highest BCUT2D eigenvalue weighted by atomic mass is 32.2. The number of rotatable bonds is 4. The van der Waals surface area contributed by atoms with Gasteiger partial charge < -0.3 is 10.3 Å². The number of aromatic amines is 1. The van der Waals surface area contributed by atoms with Gasteiger partial charge in [0.05, 0.1) is 5.56 Å². The first-order valence-corrected chi connectivity index (χ1v) is 10.2. The Morgan fingerprint density at radius 1 is 1.26 bits per heavy atom. The summed E-state index contributed by atoms with van der Waals surface area (Å²) < 4.78 is 0. The molecule has 2 N–H and O–H groups in total. The molecule has 7 heteroatoms. The summed E-state index contributed by atoms with van der Waals surface area (Å²) in [7, 11) is 0. The number of carbonyl (C=O) groups excluding carboxylic acids is 1. The van der Waals surface area contributed by atoms with Gasteiger partial charge >= 0.3 is 0 Å².